The summed E-state index contributed by atoms with van der Waals surface area (Å²) >= 11 is 1.72. The summed E-state index contributed by atoms with van der Waals surface area (Å²) in [6.07, 6.45) is 2.88. The Labute approximate surface area is 107 Å². The Kier molecular flexibility index (Phi) is 4.29. The molecule has 1 N–H and O–H groups in total. The van der Waals surface area contributed by atoms with Crippen molar-refractivity contribution in [2.45, 2.75) is 26.8 Å². The topological polar surface area (TPSA) is 24.9 Å². The molecule has 0 fully saturated rings. The maximum atomic E-state index is 4.27. The average Bonchev–Trinajstić information content (AvgIpc) is 2.83. The molecule has 0 radical (unpaired) electrons. The van der Waals surface area contributed by atoms with Crippen LogP contribution in [-0.2, 0) is 13.0 Å². The van der Waals surface area contributed by atoms with Gasteiger partial charge in [0.1, 0.15) is 0 Å². The maximum absolute atomic E-state index is 4.27. The summed E-state index contributed by atoms with van der Waals surface area (Å²) in [6, 6.07) is 6.48. The lowest BCUT2D eigenvalue weighted by Gasteiger charge is -2.09. The van der Waals surface area contributed by atoms with Gasteiger partial charge >= 0.3 is 0 Å². The molecule has 0 amide bonds. The minimum atomic E-state index is 0.943. The quantitative estimate of drug-likeness (QED) is 0.820. The molecule has 2 nitrogen and oxygen atoms in total. The number of nitrogens with one attached hydrogen (secondary N) is 1. The van der Waals surface area contributed by atoms with E-state index in [2.05, 4.69) is 42.3 Å². The molecule has 0 aliphatic rings. The molecule has 0 aliphatic heterocycles. The molecule has 0 bridgehead atoms. The molecule has 1 aromatic carbocycles. The van der Waals surface area contributed by atoms with Gasteiger partial charge in [-0.25, -0.2) is 4.98 Å². The first-order valence-electron chi connectivity index (χ1n) is 5.91. The van der Waals surface area contributed by atoms with Gasteiger partial charge in [-0.3, -0.25) is 0 Å². The van der Waals surface area contributed by atoms with Gasteiger partial charge in [0.2, 0.25) is 0 Å². The van der Waals surface area contributed by atoms with Gasteiger partial charge in [0.15, 0.2) is 0 Å². The van der Waals surface area contributed by atoms with E-state index >= 15 is 0 Å². The number of hydrogen-bond donors (Lipinski definition) is 1. The highest BCUT2D eigenvalue weighted by Crippen LogP contribution is 2.12. The monoisotopic (exact) mass is 246 g/mol. The van der Waals surface area contributed by atoms with Crippen molar-refractivity contribution in [2.24, 2.45) is 0 Å². The molecular weight excluding hydrogens is 228 g/mol. The predicted octanol–water partition coefficient (Wildman–Crippen LogP) is 3.09. The van der Waals surface area contributed by atoms with E-state index in [9.17, 15) is 0 Å². The number of aromatic nitrogens is 1. The highest BCUT2D eigenvalue weighted by atomic mass is 32.1. The third kappa shape index (κ3) is 3.38. The molecule has 0 aliphatic carbocycles. The Bertz CT molecular complexity index is 463. The largest absolute Gasteiger partial charge is 0.312 e. The normalized spacial score (nSPS) is 10.7. The lowest BCUT2D eigenvalue weighted by molar-refractivity contribution is 0.682. The molecular formula is C14H18N2S. The lowest BCUT2D eigenvalue weighted by atomic mass is 10.0. The van der Waals surface area contributed by atoms with E-state index < -0.39 is 0 Å². The van der Waals surface area contributed by atoms with E-state index in [-0.39, 0.29) is 0 Å². The van der Waals surface area contributed by atoms with Gasteiger partial charge in [-0.1, -0.05) is 18.2 Å². The van der Waals surface area contributed by atoms with Crippen molar-refractivity contribution >= 4 is 11.3 Å². The van der Waals surface area contributed by atoms with Gasteiger partial charge in [-0.05, 0) is 30.5 Å². The van der Waals surface area contributed by atoms with E-state index in [1.807, 2.05) is 11.6 Å². The van der Waals surface area contributed by atoms with Crippen molar-refractivity contribution in [1.82, 2.24) is 10.3 Å². The molecule has 17 heavy (non-hydrogen) atoms. The summed E-state index contributed by atoms with van der Waals surface area (Å²) in [4.78, 5) is 4.27. The Hall–Kier alpha value is -1.19. The summed E-state index contributed by atoms with van der Waals surface area (Å²) < 4.78 is 0. The van der Waals surface area contributed by atoms with Gasteiger partial charge in [-0.2, -0.15) is 0 Å². The van der Waals surface area contributed by atoms with Crippen LogP contribution in [0.5, 0.6) is 0 Å². The standard InChI is InChI=1S/C14H18N2S/c1-11-4-3-5-13(12(11)2)10-15-7-6-14-16-8-9-17-14/h3-5,8-9,15H,6-7,10H2,1-2H3. The van der Waals surface area contributed by atoms with Crippen LogP contribution in [0.25, 0.3) is 0 Å². The molecule has 0 spiro atoms. The van der Waals surface area contributed by atoms with Crippen LogP contribution in [0.3, 0.4) is 0 Å². The van der Waals surface area contributed by atoms with Crippen molar-refractivity contribution in [3.05, 3.63) is 51.5 Å². The summed E-state index contributed by atoms with van der Waals surface area (Å²) in [6.45, 7) is 6.28. The second kappa shape index (κ2) is 5.94. The summed E-state index contributed by atoms with van der Waals surface area (Å²) in [5.74, 6) is 0. The van der Waals surface area contributed by atoms with Crippen LogP contribution in [0.1, 0.15) is 21.7 Å². The Morgan fingerprint density at radius 1 is 1.29 bits per heavy atom. The van der Waals surface area contributed by atoms with Crippen molar-refractivity contribution in [3.8, 4) is 0 Å². The van der Waals surface area contributed by atoms with Crippen molar-refractivity contribution in [3.63, 3.8) is 0 Å². The van der Waals surface area contributed by atoms with E-state index in [1.54, 1.807) is 11.3 Å². The SMILES string of the molecule is Cc1cccc(CNCCc2nccs2)c1C. The smallest absolute Gasteiger partial charge is 0.0937 e. The van der Waals surface area contributed by atoms with E-state index in [0.717, 1.165) is 19.5 Å². The Morgan fingerprint density at radius 3 is 2.94 bits per heavy atom. The fourth-order valence-electron chi connectivity index (χ4n) is 1.80. The first-order valence-corrected chi connectivity index (χ1v) is 6.79. The third-order valence-corrected chi connectivity index (χ3v) is 3.87. The molecule has 1 aromatic heterocycles. The zero-order valence-electron chi connectivity index (χ0n) is 10.4. The van der Waals surface area contributed by atoms with E-state index in [4.69, 9.17) is 0 Å². The second-order valence-electron chi connectivity index (χ2n) is 4.21. The minimum absolute atomic E-state index is 0.943. The van der Waals surface area contributed by atoms with Gasteiger partial charge in [0.25, 0.3) is 0 Å². The molecule has 0 unspecified atom stereocenters. The first-order chi connectivity index (χ1) is 8.27. The minimum Gasteiger partial charge on any atom is -0.312 e. The average molecular weight is 246 g/mol. The summed E-state index contributed by atoms with van der Waals surface area (Å²) in [7, 11) is 0. The zero-order valence-corrected chi connectivity index (χ0v) is 11.2. The molecule has 2 aromatic rings. The van der Waals surface area contributed by atoms with Gasteiger partial charge < -0.3 is 5.32 Å². The second-order valence-corrected chi connectivity index (χ2v) is 5.19. The third-order valence-electron chi connectivity index (χ3n) is 3.03. The van der Waals surface area contributed by atoms with Crippen LogP contribution in [0.15, 0.2) is 29.8 Å². The number of nitrogens with zero attached hydrogens (tertiary/aromatic N) is 1. The van der Waals surface area contributed by atoms with Crippen LogP contribution in [-0.4, -0.2) is 11.5 Å². The molecule has 0 saturated carbocycles. The molecule has 0 atom stereocenters. The van der Waals surface area contributed by atoms with E-state index in [1.165, 1.54) is 21.7 Å². The number of benzene rings is 1. The van der Waals surface area contributed by atoms with Crippen LogP contribution in [0.4, 0.5) is 0 Å². The number of thiazole rings is 1. The first kappa shape index (κ1) is 12.3. The molecule has 90 valence electrons. The molecule has 2 rings (SSSR count). The predicted molar refractivity (Wildman–Crippen MR) is 73.4 cm³/mol. The van der Waals surface area contributed by atoms with E-state index in [0.29, 0.717) is 0 Å². The highest BCUT2D eigenvalue weighted by Gasteiger charge is 2.00. The number of hydrogen-bond acceptors (Lipinski definition) is 3. The van der Waals surface area contributed by atoms with Crippen molar-refractivity contribution in [1.29, 1.82) is 0 Å². The van der Waals surface area contributed by atoms with Crippen molar-refractivity contribution < 1.29 is 0 Å². The Balaban J connectivity index is 1.80. The van der Waals surface area contributed by atoms with Gasteiger partial charge in [0.05, 0.1) is 5.01 Å². The fourth-order valence-corrected chi connectivity index (χ4v) is 2.42. The van der Waals surface area contributed by atoms with Crippen LogP contribution < -0.4 is 5.32 Å². The Morgan fingerprint density at radius 2 is 2.18 bits per heavy atom. The van der Waals surface area contributed by atoms with Crippen LogP contribution in [0, 0.1) is 13.8 Å². The van der Waals surface area contributed by atoms with Crippen LogP contribution >= 0.6 is 11.3 Å². The lowest BCUT2D eigenvalue weighted by Crippen LogP contribution is -2.17. The maximum Gasteiger partial charge on any atom is 0.0937 e. The van der Waals surface area contributed by atoms with Gasteiger partial charge in [0, 0.05) is 31.1 Å². The highest BCUT2D eigenvalue weighted by molar-refractivity contribution is 7.09. The number of rotatable bonds is 5. The summed E-state index contributed by atoms with van der Waals surface area (Å²) in [5.41, 5.74) is 4.16. The molecule has 0 saturated heterocycles. The van der Waals surface area contributed by atoms with Gasteiger partial charge in [-0.15, -0.1) is 11.3 Å². The molecule has 3 heteroatoms. The number of aryl methyl sites for hydroxylation is 1. The zero-order chi connectivity index (χ0) is 12.1. The van der Waals surface area contributed by atoms with Crippen molar-refractivity contribution in [2.75, 3.05) is 6.54 Å². The van der Waals surface area contributed by atoms with Crippen LogP contribution in [0.2, 0.25) is 0 Å². The molecule has 1 heterocycles. The summed E-state index contributed by atoms with van der Waals surface area (Å²) in [5, 5.41) is 6.71. The fraction of sp³-hybridized carbons (Fsp3) is 0.357.